The van der Waals surface area contributed by atoms with E-state index in [1.54, 1.807) is 30.3 Å². The molecule has 0 spiro atoms. The van der Waals surface area contributed by atoms with Gasteiger partial charge >= 0.3 is 0 Å². The Kier molecular flexibility index (Phi) is 7.85. The third-order valence-electron chi connectivity index (χ3n) is 4.94. The van der Waals surface area contributed by atoms with Crippen molar-refractivity contribution in [1.82, 2.24) is 10.0 Å². The number of hydrogen-bond donors (Lipinski definition) is 2. The highest BCUT2D eigenvalue weighted by atomic mass is 35.5. The Hall–Kier alpha value is -2.67. The number of hydrogen-bond acceptors (Lipinski definition) is 3. The van der Waals surface area contributed by atoms with Gasteiger partial charge in [-0.25, -0.2) is 13.1 Å². The molecule has 0 aliphatic rings. The fourth-order valence-corrected chi connectivity index (χ4v) is 4.56. The Morgan fingerprint density at radius 2 is 1.58 bits per heavy atom. The molecule has 7 heteroatoms. The van der Waals surface area contributed by atoms with E-state index in [9.17, 15) is 13.2 Å². The molecule has 0 saturated carbocycles. The van der Waals surface area contributed by atoms with Gasteiger partial charge in [-0.05, 0) is 48.2 Å². The first kappa shape index (κ1) is 23.0. The molecule has 3 aromatic carbocycles. The lowest BCUT2D eigenvalue weighted by molar-refractivity contribution is -0.121. The van der Waals surface area contributed by atoms with Gasteiger partial charge in [0.15, 0.2) is 0 Å². The molecule has 0 aliphatic carbocycles. The molecule has 0 radical (unpaired) electrons. The molecule has 0 aliphatic heterocycles. The Morgan fingerprint density at radius 1 is 0.935 bits per heavy atom. The van der Waals surface area contributed by atoms with E-state index in [-0.39, 0.29) is 16.8 Å². The summed E-state index contributed by atoms with van der Waals surface area (Å²) in [5, 5.41) is 3.47. The van der Waals surface area contributed by atoms with Gasteiger partial charge in [-0.3, -0.25) is 4.79 Å². The van der Waals surface area contributed by atoms with Crippen LogP contribution in [0.3, 0.4) is 0 Å². The quantitative estimate of drug-likeness (QED) is 0.493. The van der Waals surface area contributed by atoms with Gasteiger partial charge in [0.05, 0.1) is 4.90 Å². The van der Waals surface area contributed by atoms with Gasteiger partial charge in [-0.1, -0.05) is 72.3 Å². The van der Waals surface area contributed by atoms with Gasteiger partial charge in [-0.15, -0.1) is 0 Å². The summed E-state index contributed by atoms with van der Waals surface area (Å²) in [6, 6.07) is 23.0. The van der Waals surface area contributed by atoms with E-state index < -0.39 is 10.0 Å². The normalized spacial score (nSPS) is 12.3. The maximum Gasteiger partial charge on any atom is 0.241 e. The fraction of sp³-hybridized carbons (Fsp3) is 0.208. The third-order valence-corrected chi connectivity index (χ3v) is 6.87. The summed E-state index contributed by atoms with van der Waals surface area (Å²) < 4.78 is 28.0. The van der Waals surface area contributed by atoms with Crippen molar-refractivity contribution < 1.29 is 13.2 Å². The molecule has 0 heterocycles. The second kappa shape index (κ2) is 10.6. The summed E-state index contributed by atoms with van der Waals surface area (Å²) in [7, 11) is -3.64. The summed E-state index contributed by atoms with van der Waals surface area (Å²) in [5.41, 5.74) is 2.65. The van der Waals surface area contributed by atoms with E-state index in [1.165, 1.54) is 0 Å². The Bertz CT molecular complexity index is 1120. The minimum absolute atomic E-state index is 0.0880. The Labute approximate surface area is 188 Å². The number of carbonyl (C=O) groups excluding carboxylic acids is 1. The number of carbonyl (C=O) groups is 1. The van der Waals surface area contributed by atoms with E-state index in [0.717, 1.165) is 16.7 Å². The van der Waals surface area contributed by atoms with Gasteiger partial charge in [0.1, 0.15) is 0 Å². The van der Waals surface area contributed by atoms with Crippen LogP contribution in [-0.4, -0.2) is 14.3 Å². The monoisotopic (exact) mass is 456 g/mol. The Balaban J connectivity index is 1.52. The molecule has 0 bridgehead atoms. The highest BCUT2D eigenvalue weighted by molar-refractivity contribution is 7.89. The fourth-order valence-electron chi connectivity index (χ4n) is 3.13. The van der Waals surface area contributed by atoms with Crippen molar-refractivity contribution >= 4 is 27.5 Å². The van der Waals surface area contributed by atoms with Crippen molar-refractivity contribution in [3.05, 3.63) is 101 Å². The molecule has 5 nitrogen and oxygen atoms in total. The van der Waals surface area contributed by atoms with Crippen molar-refractivity contribution in [2.24, 2.45) is 0 Å². The van der Waals surface area contributed by atoms with E-state index in [0.29, 0.717) is 24.4 Å². The lowest BCUT2D eigenvalue weighted by atomic mass is 10.1. The largest absolute Gasteiger partial charge is 0.352 e. The molecular formula is C24H25ClN2O3S. The number of benzene rings is 3. The summed E-state index contributed by atoms with van der Waals surface area (Å²) >= 11 is 6.09. The van der Waals surface area contributed by atoms with Crippen LogP contribution in [0.5, 0.6) is 0 Å². The van der Waals surface area contributed by atoms with E-state index >= 15 is 0 Å². The average molecular weight is 457 g/mol. The zero-order chi connectivity index (χ0) is 22.3. The first-order valence-corrected chi connectivity index (χ1v) is 11.9. The van der Waals surface area contributed by atoms with Gasteiger partial charge in [0, 0.05) is 24.0 Å². The molecule has 2 N–H and O–H groups in total. The van der Waals surface area contributed by atoms with Crippen LogP contribution in [0.1, 0.15) is 36.1 Å². The van der Waals surface area contributed by atoms with Crippen LogP contribution in [0.2, 0.25) is 5.02 Å². The SMILES string of the molecule is C[C@H](NS(=O)(=O)c1ccc(CCC(=O)NCc2ccccc2Cl)cc1)c1ccccc1. The molecule has 0 saturated heterocycles. The lowest BCUT2D eigenvalue weighted by Crippen LogP contribution is -2.26. The van der Waals surface area contributed by atoms with Crippen molar-refractivity contribution in [3.8, 4) is 0 Å². The number of amides is 1. The second-order valence-corrected chi connectivity index (χ2v) is 9.39. The summed E-state index contributed by atoms with van der Waals surface area (Å²) in [6.45, 7) is 2.18. The minimum Gasteiger partial charge on any atom is -0.352 e. The zero-order valence-corrected chi connectivity index (χ0v) is 18.8. The molecule has 3 rings (SSSR count). The molecule has 0 aromatic heterocycles. The number of rotatable bonds is 9. The van der Waals surface area contributed by atoms with Gasteiger partial charge in [-0.2, -0.15) is 0 Å². The smallest absolute Gasteiger partial charge is 0.241 e. The maximum atomic E-state index is 12.7. The molecule has 1 amide bonds. The number of aryl methyl sites for hydroxylation is 1. The maximum absolute atomic E-state index is 12.7. The topological polar surface area (TPSA) is 75.3 Å². The molecule has 3 aromatic rings. The zero-order valence-electron chi connectivity index (χ0n) is 17.2. The van der Waals surface area contributed by atoms with Crippen molar-refractivity contribution in [2.45, 2.75) is 37.2 Å². The lowest BCUT2D eigenvalue weighted by Gasteiger charge is -2.15. The molecular weight excluding hydrogens is 432 g/mol. The first-order chi connectivity index (χ1) is 14.8. The van der Waals surface area contributed by atoms with Crippen molar-refractivity contribution in [2.75, 3.05) is 0 Å². The highest BCUT2D eigenvalue weighted by Gasteiger charge is 2.18. The minimum atomic E-state index is -3.64. The summed E-state index contributed by atoms with van der Waals surface area (Å²) in [6.07, 6.45) is 0.822. The Morgan fingerprint density at radius 3 is 2.26 bits per heavy atom. The number of sulfonamides is 1. The van der Waals surface area contributed by atoms with E-state index in [1.807, 2.05) is 55.5 Å². The first-order valence-electron chi connectivity index (χ1n) is 10.0. The standard InChI is InChI=1S/C24H25ClN2O3S/c1-18(20-7-3-2-4-8-20)27-31(29,30)22-14-11-19(12-15-22)13-16-24(28)26-17-21-9-5-6-10-23(21)25/h2-12,14-15,18,27H,13,16-17H2,1H3,(H,26,28)/t18-/m0/s1. The van der Waals surface area contributed by atoms with Crippen LogP contribution >= 0.6 is 11.6 Å². The highest BCUT2D eigenvalue weighted by Crippen LogP contribution is 2.18. The predicted octanol–water partition coefficient (Wildman–Crippen LogP) is 4.63. The third kappa shape index (κ3) is 6.66. The summed E-state index contributed by atoms with van der Waals surface area (Å²) in [4.78, 5) is 12.3. The van der Waals surface area contributed by atoms with Gasteiger partial charge in [0.25, 0.3) is 0 Å². The molecule has 1 atom stereocenters. The molecule has 0 unspecified atom stereocenters. The van der Waals surface area contributed by atoms with Gasteiger partial charge in [0.2, 0.25) is 15.9 Å². The molecule has 162 valence electrons. The predicted molar refractivity (Wildman–Crippen MR) is 123 cm³/mol. The van der Waals surface area contributed by atoms with Crippen LogP contribution in [0, 0.1) is 0 Å². The molecule has 0 fully saturated rings. The summed E-state index contributed by atoms with van der Waals surface area (Å²) in [5.74, 6) is -0.0880. The van der Waals surface area contributed by atoms with E-state index in [2.05, 4.69) is 10.0 Å². The van der Waals surface area contributed by atoms with Crippen LogP contribution in [0.25, 0.3) is 0 Å². The van der Waals surface area contributed by atoms with Crippen LogP contribution in [-0.2, 0) is 27.8 Å². The number of nitrogens with one attached hydrogen (secondary N) is 2. The van der Waals surface area contributed by atoms with Crippen LogP contribution in [0.4, 0.5) is 0 Å². The average Bonchev–Trinajstić information content (AvgIpc) is 2.77. The van der Waals surface area contributed by atoms with Crippen molar-refractivity contribution in [1.29, 1.82) is 0 Å². The molecule has 31 heavy (non-hydrogen) atoms. The van der Waals surface area contributed by atoms with Crippen LogP contribution in [0.15, 0.2) is 83.8 Å². The van der Waals surface area contributed by atoms with Gasteiger partial charge < -0.3 is 5.32 Å². The van der Waals surface area contributed by atoms with Crippen LogP contribution < -0.4 is 10.0 Å². The van der Waals surface area contributed by atoms with E-state index in [4.69, 9.17) is 11.6 Å². The second-order valence-electron chi connectivity index (χ2n) is 7.27. The number of halogens is 1. The van der Waals surface area contributed by atoms with Crippen molar-refractivity contribution in [3.63, 3.8) is 0 Å².